The normalized spacial score (nSPS) is 14.2. The number of hydrogen-bond donors (Lipinski definition) is 1. The Morgan fingerprint density at radius 2 is 1.88 bits per heavy atom. The van der Waals surface area contributed by atoms with E-state index in [0.29, 0.717) is 0 Å². The fourth-order valence-corrected chi connectivity index (χ4v) is 1.88. The minimum Gasteiger partial charge on any atom is -0.341 e. The molecule has 0 radical (unpaired) electrons. The van der Waals surface area contributed by atoms with Gasteiger partial charge in [-0.25, -0.2) is 0 Å². The van der Waals surface area contributed by atoms with Crippen molar-refractivity contribution >= 4 is 17.5 Å². The van der Waals surface area contributed by atoms with Gasteiger partial charge in [0.15, 0.2) is 0 Å². The van der Waals surface area contributed by atoms with Crippen LogP contribution in [-0.2, 0) is 4.79 Å². The van der Waals surface area contributed by atoms with Crippen molar-refractivity contribution in [3.8, 4) is 0 Å². The fraction of sp³-hybridized carbons (Fsp3) is 0.462. The monoisotopic (exact) mass is 254 g/mol. The van der Waals surface area contributed by atoms with Crippen molar-refractivity contribution in [3.63, 3.8) is 0 Å². The van der Waals surface area contributed by atoms with Crippen LogP contribution >= 0.6 is 11.6 Å². The number of rotatable bonds is 4. The maximum Gasteiger partial charge on any atom is 0.236 e. The Balaban J connectivity index is 2.78. The highest BCUT2D eigenvalue weighted by Gasteiger charge is 2.21. The average molecular weight is 255 g/mol. The molecule has 0 unspecified atom stereocenters. The van der Waals surface area contributed by atoms with Gasteiger partial charge in [-0.1, -0.05) is 30.7 Å². The molecule has 0 spiro atoms. The standard InChI is InChI=1S/C13H19ClN2O/c1-9(10(2)16(3)13(17)8-15)11-4-6-12(14)7-5-11/h4-7,9-10H,8,15H2,1-3H3/t9-,10+/m1/s1. The molecule has 0 saturated heterocycles. The Morgan fingerprint density at radius 3 is 2.35 bits per heavy atom. The van der Waals surface area contributed by atoms with Gasteiger partial charge in [0.2, 0.25) is 5.91 Å². The molecule has 0 fully saturated rings. The zero-order chi connectivity index (χ0) is 13.0. The van der Waals surface area contributed by atoms with Crippen LogP contribution in [0.25, 0.3) is 0 Å². The SMILES string of the molecule is C[C@@H](c1ccc(Cl)cc1)[C@H](C)N(C)C(=O)CN. The highest BCUT2D eigenvalue weighted by Crippen LogP contribution is 2.23. The number of amides is 1. The molecule has 0 aromatic heterocycles. The van der Waals surface area contributed by atoms with Gasteiger partial charge in [0.1, 0.15) is 0 Å². The summed E-state index contributed by atoms with van der Waals surface area (Å²) in [5, 5.41) is 0.722. The van der Waals surface area contributed by atoms with Gasteiger partial charge in [-0.15, -0.1) is 0 Å². The molecule has 4 heteroatoms. The third kappa shape index (κ3) is 3.45. The molecule has 2 N–H and O–H groups in total. The molecule has 1 amide bonds. The first-order chi connectivity index (χ1) is 7.97. The Labute approximate surface area is 108 Å². The fourth-order valence-electron chi connectivity index (χ4n) is 1.75. The number of likely N-dealkylation sites (N-methyl/N-ethyl adjacent to an activating group) is 1. The number of carbonyl (C=O) groups is 1. The lowest BCUT2D eigenvalue weighted by molar-refractivity contribution is -0.130. The van der Waals surface area contributed by atoms with Gasteiger partial charge < -0.3 is 10.6 Å². The van der Waals surface area contributed by atoms with Crippen LogP contribution in [0, 0.1) is 0 Å². The second-order valence-electron chi connectivity index (χ2n) is 4.29. The first-order valence-electron chi connectivity index (χ1n) is 5.68. The summed E-state index contributed by atoms with van der Waals surface area (Å²) in [6.07, 6.45) is 0. The molecule has 0 aliphatic rings. The summed E-state index contributed by atoms with van der Waals surface area (Å²) in [5.41, 5.74) is 6.53. The van der Waals surface area contributed by atoms with E-state index in [0.717, 1.165) is 5.02 Å². The zero-order valence-corrected chi connectivity index (χ0v) is 11.2. The molecule has 0 aliphatic carbocycles. The van der Waals surface area contributed by atoms with Gasteiger partial charge in [-0.3, -0.25) is 4.79 Å². The molecule has 1 aromatic carbocycles. The average Bonchev–Trinajstić information content (AvgIpc) is 2.36. The molecule has 0 saturated carbocycles. The molecule has 0 bridgehead atoms. The lowest BCUT2D eigenvalue weighted by atomic mass is 9.93. The van der Waals surface area contributed by atoms with Crippen molar-refractivity contribution < 1.29 is 4.79 Å². The van der Waals surface area contributed by atoms with E-state index in [9.17, 15) is 4.79 Å². The Bertz CT molecular complexity index is 378. The summed E-state index contributed by atoms with van der Waals surface area (Å²) in [6.45, 7) is 4.16. The Kier molecular flexibility index (Phi) is 4.97. The summed E-state index contributed by atoms with van der Waals surface area (Å²) in [6, 6.07) is 7.82. The second kappa shape index (κ2) is 6.03. The van der Waals surface area contributed by atoms with E-state index in [-0.39, 0.29) is 24.4 Å². The number of halogens is 1. The van der Waals surface area contributed by atoms with E-state index in [1.807, 2.05) is 31.2 Å². The van der Waals surface area contributed by atoms with Crippen molar-refractivity contribution in [1.29, 1.82) is 0 Å². The summed E-state index contributed by atoms with van der Waals surface area (Å²) in [5.74, 6) is 0.200. The number of nitrogens with two attached hydrogens (primary N) is 1. The van der Waals surface area contributed by atoms with Crippen LogP contribution in [0.15, 0.2) is 24.3 Å². The zero-order valence-electron chi connectivity index (χ0n) is 10.5. The third-order valence-corrected chi connectivity index (χ3v) is 3.55. The van der Waals surface area contributed by atoms with Crippen LogP contribution < -0.4 is 5.73 Å². The van der Waals surface area contributed by atoms with Crippen LogP contribution in [0.2, 0.25) is 5.02 Å². The van der Waals surface area contributed by atoms with Crippen LogP contribution in [-0.4, -0.2) is 30.4 Å². The highest BCUT2D eigenvalue weighted by atomic mass is 35.5. The van der Waals surface area contributed by atoms with Crippen molar-refractivity contribution in [1.82, 2.24) is 4.90 Å². The number of carbonyl (C=O) groups excluding carboxylic acids is 1. The molecule has 1 aromatic rings. The van der Waals surface area contributed by atoms with Gasteiger partial charge in [0.05, 0.1) is 6.54 Å². The van der Waals surface area contributed by atoms with E-state index in [4.69, 9.17) is 17.3 Å². The molecule has 0 aliphatic heterocycles. The summed E-state index contributed by atoms with van der Waals surface area (Å²) in [4.78, 5) is 13.2. The minimum atomic E-state index is -0.0432. The Morgan fingerprint density at radius 1 is 1.35 bits per heavy atom. The van der Waals surface area contributed by atoms with E-state index in [1.54, 1.807) is 11.9 Å². The topological polar surface area (TPSA) is 46.3 Å². The van der Waals surface area contributed by atoms with E-state index < -0.39 is 0 Å². The van der Waals surface area contributed by atoms with Gasteiger partial charge in [-0.2, -0.15) is 0 Å². The minimum absolute atomic E-state index is 0.0432. The largest absolute Gasteiger partial charge is 0.341 e. The van der Waals surface area contributed by atoms with E-state index in [1.165, 1.54) is 5.56 Å². The number of hydrogen-bond acceptors (Lipinski definition) is 2. The summed E-state index contributed by atoms with van der Waals surface area (Å²) >= 11 is 5.85. The molecule has 17 heavy (non-hydrogen) atoms. The second-order valence-corrected chi connectivity index (χ2v) is 4.73. The first-order valence-corrected chi connectivity index (χ1v) is 6.06. The molecule has 3 nitrogen and oxygen atoms in total. The summed E-state index contributed by atoms with van der Waals surface area (Å²) in [7, 11) is 1.78. The predicted octanol–water partition coefficient (Wildman–Crippen LogP) is 2.25. The number of benzene rings is 1. The van der Waals surface area contributed by atoms with Crippen molar-refractivity contribution in [2.24, 2.45) is 5.73 Å². The summed E-state index contributed by atoms with van der Waals surface area (Å²) < 4.78 is 0. The van der Waals surface area contributed by atoms with Crippen LogP contribution in [0.4, 0.5) is 0 Å². The Hall–Kier alpha value is -1.06. The molecule has 2 atom stereocenters. The number of nitrogens with zero attached hydrogens (tertiary/aromatic N) is 1. The first kappa shape index (κ1) is 14.0. The molecular formula is C13H19ClN2O. The van der Waals surface area contributed by atoms with Crippen molar-refractivity contribution in [3.05, 3.63) is 34.9 Å². The highest BCUT2D eigenvalue weighted by molar-refractivity contribution is 6.30. The lowest BCUT2D eigenvalue weighted by Gasteiger charge is -2.30. The van der Waals surface area contributed by atoms with E-state index >= 15 is 0 Å². The van der Waals surface area contributed by atoms with Crippen LogP contribution in [0.1, 0.15) is 25.3 Å². The lowest BCUT2D eigenvalue weighted by Crippen LogP contribution is -2.41. The molecule has 0 heterocycles. The van der Waals surface area contributed by atoms with Crippen molar-refractivity contribution in [2.45, 2.75) is 25.8 Å². The maximum absolute atomic E-state index is 11.5. The molecule has 94 valence electrons. The van der Waals surface area contributed by atoms with E-state index in [2.05, 4.69) is 6.92 Å². The quantitative estimate of drug-likeness (QED) is 0.896. The van der Waals surface area contributed by atoms with Crippen LogP contribution in [0.3, 0.4) is 0 Å². The van der Waals surface area contributed by atoms with Gasteiger partial charge in [-0.05, 0) is 24.6 Å². The van der Waals surface area contributed by atoms with Crippen LogP contribution in [0.5, 0.6) is 0 Å². The van der Waals surface area contributed by atoms with Gasteiger partial charge in [0.25, 0.3) is 0 Å². The van der Waals surface area contributed by atoms with Gasteiger partial charge >= 0.3 is 0 Å². The van der Waals surface area contributed by atoms with Crippen molar-refractivity contribution in [2.75, 3.05) is 13.6 Å². The van der Waals surface area contributed by atoms with Gasteiger partial charge in [0, 0.05) is 24.0 Å². The predicted molar refractivity (Wildman–Crippen MR) is 71.2 cm³/mol. The smallest absolute Gasteiger partial charge is 0.236 e. The molecular weight excluding hydrogens is 236 g/mol. The molecule has 1 rings (SSSR count). The maximum atomic E-state index is 11.5. The third-order valence-electron chi connectivity index (χ3n) is 3.30.